The van der Waals surface area contributed by atoms with Gasteiger partial charge in [-0.1, -0.05) is 42.5 Å². The van der Waals surface area contributed by atoms with Crippen molar-refractivity contribution in [2.45, 2.75) is 26.2 Å². The van der Waals surface area contributed by atoms with Crippen LogP contribution in [0.1, 0.15) is 35.3 Å². The number of allylic oxidation sites excluding steroid dienone is 1. The SMILES string of the molecule is CC1=CN(C)C(N=C(N)N)c2cc(CN(CC(=O)O)Cc3ccccc3)ccc21. The van der Waals surface area contributed by atoms with Gasteiger partial charge in [-0.25, -0.2) is 4.99 Å². The Bertz CT molecular complexity index is 935. The first-order valence-electron chi connectivity index (χ1n) is 9.44. The number of carboxylic acids is 1. The van der Waals surface area contributed by atoms with E-state index in [9.17, 15) is 9.90 Å². The number of benzene rings is 2. The number of fused-ring (bicyclic) bond motifs is 1. The van der Waals surface area contributed by atoms with E-state index in [2.05, 4.69) is 17.1 Å². The maximum Gasteiger partial charge on any atom is 0.317 e. The van der Waals surface area contributed by atoms with Crippen LogP contribution in [0.5, 0.6) is 0 Å². The van der Waals surface area contributed by atoms with Crippen molar-refractivity contribution in [3.05, 3.63) is 77.0 Å². The number of rotatable bonds is 7. The van der Waals surface area contributed by atoms with Crippen LogP contribution in [-0.2, 0) is 17.9 Å². The van der Waals surface area contributed by atoms with Crippen LogP contribution in [0.4, 0.5) is 0 Å². The summed E-state index contributed by atoms with van der Waals surface area (Å²) in [5, 5.41) is 9.34. The number of guanidine groups is 1. The molecule has 0 saturated heterocycles. The van der Waals surface area contributed by atoms with Crippen LogP contribution in [0.2, 0.25) is 0 Å². The zero-order valence-corrected chi connectivity index (χ0v) is 16.7. The van der Waals surface area contributed by atoms with Crippen molar-refractivity contribution >= 4 is 17.5 Å². The van der Waals surface area contributed by atoms with E-state index in [0.717, 1.165) is 27.8 Å². The fourth-order valence-electron chi connectivity index (χ4n) is 3.71. The van der Waals surface area contributed by atoms with Crippen molar-refractivity contribution in [1.29, 1.82) is 0 Å². The van der Waals surface area contributed by atoms with E-state index in [1.807, 2.05) is 66.4 Å². The number of nitrogens with zero attached hydrogens (tertiary/aromatic N) is 3. The van der Waals surface area contributed by atoms with E-state index in [1.54, 1.807) is 0 Å². The van der Waals surface area contributed by atoms with Crippen molar-refractivity contribution in [3.8, 4) is 0 Å². The second kappa shape index (κ2) is 8.79. The summed E-state index contributed by atoms with van der Waals surface area (Å²) < 4.78 is 0. The Morgan fingerprint density at radius 1 is 1.14 bits per heavy atom. The molecule has 5 N–H and O–H groups in total. The van der Waals surface area contributed by atoms with Crippen molar-refractivity contribution in [3.63, 3.8) is 0 Å². The smallest absolute Gasteiger partial charge is 0.317 e. The molecular weight excluding hydrogens is 366 g/mol. The lowest BCUT2D eigenvalue weighted by atomic mass is 9.93. The Morgan fingerprint density at radius 3 is 2.48 bits per heavy atom. The van der Waals surface area contributed by atoms with Crippen molar-refractivity contribution < 1.29 is 9.90 Å². The molecule has 0 bridgehead atoms. The van der Waals surface area contributed by atoms with Gasteiger partial charge in [-0.15, -0.1) is 0 Å². The molecule has 7 nitrogen and oxygen atoms in total. The van der Waals surface area contributed by atoms with Gasteiger partial charge < -0.3 is 21.5 Å². The summed E-state index contributed by atoms with van der Waals surface area (Å²) in [4.78, 5) is 19.6. The van der Waals surface area contributed by atoms with Crippen LogP contribution < -0.4 is 11.5 Å². The molecule has 1 atom stereocenters. The molecule has 7 heteroatoms. The third kappa shape index (κ3) is 5.14. The molecule has 1 unspecified atom stereocenters. The van der Waals surface area contributed by atoms with Gasteiger partial charge in [-0.05, 0) is 35.3 Å². The number of carbonyl (C=O) groups is 1. The fourth-order valence-corrected chi connectivity index (χ4v) is 3.71. The molecule has 0 saturated carbocycles. The largest absolute Gasteiger partial charge is 0.480 e. The van der Waals surface area contributed by atoms with Crippen LogP contribution in [0.15, 0.2) is 59.7 Å². The minimum atomic E-state index is -0.851. The highest BCUT2D eigenvalue weighted by Crippen LogP contribution is 2.35. The topological polar surface area (TPSA) is 108 Å². The van der Waals surface area contributed by atoms with Gasteiger partial charge in [0.05, 0.1) is 6.54 Å². The third-order valence-corrected chi connectivity index (χ3v) is 4.89. The molecule has 0 aliphatic carbocycles. The molecule has 1 aliphatic heterocycles. The summed E-state index contributed by atoms with van der Waals surface area (Å²) in [5.74, 6) is -0.821. The molecular formula is C22H27N5O2. The number of carboxylic acid groups (broad SMARTS) is 1. The number of nitrogens with two attached hydrogens (primary N) is 2. The first-order chi connectivity index (χ1) is 13.8. The molecule has 2 aromatic carbocycles. The molecule has 29 heavy (non-hydrogen) atoms. The Labute approximate surface area is 170 Å². The van der Waals surface area contributed by atoms with Crippen molar-refractivity contribution in [1.82, 2.24) is 9.80 Å². The summed E-state index contributed by atoms with van der Waals surface area (Å²) >= 11 is 0. The van der Waals surface area contributed by atoms with Gasteiger partial charge in [-0.2, -0.15) is 0 Å². The molecule has 3 rings (SSSR count). The first-order valence-corrected chi connectivity index (χ1v) is 9.44. The van der Waals surface area contributed by atoms with E-state index >= 15 is 0 Å². The van der Waals surface area contributed by atoms with Gasteiger partial charge in [0, 0.05) is 31.9 Å². The van der Waals surface area contributed by atoms with E-state index in [0.29, 0.717) is 13.1 Å². The van der Waals surface area contributed by atoms with Crippen LogP contribution in [0, 0.1) is 0 Å². The zero-order chi connectivity index (χ0) is 21.0. The molecule has 152 valence electrons. The fraction of sp³-hybridized carbons (Fsp3) is 0.273. The normalized spacial score (nSPS) is 15.6. The van der Waals surface area contributed by atoms with E-state index in [4.69, 9.17) is 11.5 Å². The van der Waals surface area contributed by atoms with Gasteiger partial charge in [0.2, 0.25) is 0 Å². The van der Waals surface area contributed by atoms with Crippen molar-refractivity contribution in [2.24, 2.45) is 16.5 Å². The molecule has 0 aromatic heterocycles. The van der Waals surface area contributed by atoms with Gasteiger partial charge in [-0.3, -0.25) is 9.69 Å². The first kappa shape index (κ1) is 20.4. The summed E-state index contributed by atoms with van der Waals surface area (Å²) in [5.41, 5.74) is 16.6. The average Bonchev–Trinajstić information content (AvgIpc) is 2.65. The highest BCUT2D eigenvalue weighted by molar-refractivity contribution is 5.77. The maximum atomic E-state index is 11.4. The summed E-state index contributed by atoms with van der Waals surface area (Å²) in [6, 6.07) is 16.0. The Balaban J connectivity index is 1.90. The van der Waals surface area contributed by atoms with Crippen molar-refractivity contribution in [2.75, 3.05) is 13.6 Å². The number of hydrogen-bond acceptors (Lipinski definition) is 4. The van der Waals surface area contributed by atoms with Crippen LogP contribution in [0.25, 0.3) is 5.57 Å². The van der Waals surface area contributed by atoms with E-state index < -0.39 is 5.97 Å². The Hall–Kier alpha value is -3.32. The van der Waals surface area contributed by atoms with Gasteiger partial charge in [0.25, 0.3) is 0 Å². The zero-order valence-electron chi connectivity index (χ0n) is 16.7. The second-order valence-electron chi connectivity index (χ2n) is 7.35. The molecule has 1 heterocycles. The molecule has 2 aromatic rings. The second-order valence-corrected chi connectivity index (χ2v) is 7.35. The highest BCUT2D eigenvalue weighted by atomic mass is 16.4. The molecule has 0 amide bonds. The predicted molar refractivity (Wildman–Crippen MR) is 115 cm³/mol. The van der Waals surface area contributed by atoms with Gasteiger partial charge >= 0.3 is 5.97 Å². The monoisotopic (exact) mass is 393 g/mol. The third-order valence-electron chi connectivity index (χ3n) is 4.89. The standard InChI is InChI=1S/C22H27N5O2/c1-15-11-26(2)21(25-22(23)24)19-10-17(8-9-18(15)19)13-27(14-20(28)29)12-16-6-4-3-5-7-16/h3-11,21H,12-14H2,1-2H3,(H,28,29)(H4,23,24,25). The lowest BCUT2D eigenvalue weighted by Gasteiger charge is -2.32. The Morgan fingerprint density at radius 2 is 1.83 bits per heavy atom. The average molecular weight is 393 g/mol. The highest BCUT2D eigenvalue weighted by Gasteiger charge is 2.24. The van der Waals surface area contributed by atoms with Crippen LogP contribution >= 0.6 is 0 Å². The van der Waals surface area contributed by atoms with E-state index in [-0.39, 0.29) is 18.7 Å². The number of hydrogen-bond donors (Lipinski definition) is 3. The van der Waals surface area contributed by atoms with E-state index in [1.165, 1.54) is 0 Å². The summed E-state index contributed by atoms with van der Waals surface area (Å²) in [6.07, 6.45) is 1.71. The number of aliphatic carboxylic acids is 1. The minimum Gasteiger partial charge on any atom is -0.480 e. The molecule has 0 fully saturated rings. The van der Waals surface area contributed by atoms with Crippen LogP contribution in [0.3, 0.4) is 0 Å². The van der Waals surface area contributed by atoms with Gasteiger partial charge in [0.1, 0.15) is 0 Å². The van der Waals surface area contributed by atoms with Crippen LogP contribution in [-0.4, -0.2) is 40.4 Å². The lowest BCUT2D eigenvalue weighted by molar-refractivity contribution is -0.138. The predicted octanol–water partition coefficient (Wildman–Crippen LogP) is 2.35. The minimum absolute atomic E-state index is 0.0303. The molecule has 0 radical (unpaired) electrons. The molecule has 0 spiro atoms. The Kier molecular flexibility index (Phi) is 6.19. The maximum absolute atomic E-state index is 11.4. The lowest BCUT2D eigenvalue weighted by Crippen LogP contribution is -2.30. The summed E-state index contributed by atoms with van der Waals surface area (Å²) in [6.45, 7) is 3.07. The summed E-state index contributed by atoms with van der Waals surface area (Å²) in [7, 11) is 1.93. The molecule has 1 aliphatic rings. The number of aliphatic imine (C=N–C) groups is 1. The quantitative estimate of drug-likeness (QED) is 0.492. The van der Waals surface area contributed by atoms with Gasteiger partial charge in [0.15, 0.2) is 12.1 Å².